The molecule has 1 heterocycles. The summed E-state index contributed by atoms with van der Waals surface area (Å²) in [5, 5.41) is 18.6. The van der Waals surface area contributed by atoms with Gasteiger partial charge in [0.15, 0.2) is 0 Å². The van der Waals surface area contributed by atoms with Crippen LogP contribution in [0.15, 0.2) is 24.3 Å². The zero-order chi connectivity index (χ0) is 14.0. The predicted molar refractivity (Wildman–Crippen MR) is 65.7 cm³/mol. The zero-order valence-corrected chi connectivity index (χ0v) is 10.5. The van der Waals surface area contributed by atoms with E-state index in [0.717, 1.165) is 0 Å². The van der Waals surface area contributed by atoms with E-state index in [1.165, 1.54) is 11.0 Å². The molecule has 1 saturated heterocycles. The van der Waals surface area contributed by atoms with Crippen molar-refractivity contribution in [3.63, 3.8) is 0 Å². The van der Waals surface area contributed by atoms with Crippen molar-refractivity contribution in [3.8, 4) is 5.75 Å². The van der Waals surface area contributed by atoms with Crippen molar-refractivity contribution >= 4 is 12.1 Å². The third kappa shape index (κ3) is 2.62. The van der Waals surface area contributed by atoms with Gasteiger partial charge in [-0.25, -0.2) is 4.79 Å². The first kappa shape index (κ1) is 13.2. The van der Waals surface area contributed by atoms with Crippen molar-refractivity contribution in [1.82, 2.24) is 4.90 Å². The summed E-state index contributed by atoms with van der Waals surface area (Å²) >= 11 is 0. The monoisotopic (exact) mass is 265 g/mol. The van der Waals surface area contributed by atoms with Crippen LogP contribution in [0.3, 0.4) is 0 Å². The number of hydrogen-bond acceptors (Lipinski definition) is 4. The van der Waals surface area contributed by atoms with E-state index in [4.69, 9.17) is 9.84 Å². The first-order valence-electron chi connectivity index (χ1n) is 5.85. The Balaban J connectivity index is 2.23. The number of nitrogens with zero attached hydrogens (tertiary/aromatic N) is 1. The van der Waals surface area contributed by atoms with E-state index in [2.05, 4.69) is 0 Å². The van der Waals surface area contributed by atoms with Crippen LogP contribution in [0.5, 0.6) is 5.75 Å². The van der Waals surface area contributed by atoms with Crippen LogP contribution in [0.2, 0.25) is 0 Å². The number of rotatable bonds is 4. The van der Waals surface area contributed by atoms with Crippen molar-refractivity contribution in [2.45, 2.75) is 25.4 Å². The second kappa shape index (κ2) is 4.79. The van der Waals surface area contributed by atoms with Gasteiger partial charge in [-0.2, -0.15) is 0 Å². The number of carboxylic acid groups (broad SMARTS) is 1. The summed E-state index contributed by atoms with van der Waals surface area (Å²) in [5.74, 6) is -0.928. The first-order valence-corrected chi connectivity index (χ1v) is 5.85. The number of carboxylic acids is 1. The number of aromatic hydroxyl groups is 1. The lowest BCUT2D eigenvalue weighted by Gasteiger charge is -2.30. The van der Waals surface area contributed by atoms with Crippen LogP contribution in [-0.4, -0.2) is 39.3 Å². The number of aliphatic carboxylic acids is 1. The Hall–Kier alpha value is -2.24. The lowest BCUT2D eigenvalue weighted by molar-refractivity contribution is -0.139. The van der Waals surface area contributed by atoms with Gasteiger partial charge >= 0.3 is 12.1 Å². The number of cyclic esters (lactones) is 1. The molecule has 1 aromatic rings. The summed E-state index contributed by atoms with van der Waals surface area (Å²) in [6, 6.07) is 6.62. The van der Waals surface area contributed by atoms with E-state index in [1.54, 1.807) is 25.1 Å². The standard InChI is InChI=1S/C13H15NO5/c1-13(6-11(16)17)8-19-12(18)14(13)7-9-4-2-3-5-10(9)15/h2-5,15H,6-8H2,1H3,(H,16,17). The van der Waals surface area contributed by atoms with Crippen molar-refractivity contribution in [3.05, 3.63) is 29.8 Å². The van der Waals surface area contributed by atoms with Gasteiger partial charge in [-0.1, -0.05) is 18.2 Å². The Morgan fingerprint density at radius 3 is 2.79 bits per heavy atom. The van der Waals surface area contributed by atoms with E-state index in [9.17, 15) is 14.7 Å². The largest absolute Gasteiger partial charge is 0.508 e. The van der Waals surface area contributed by atoms with Gasteiger partial charge in [0.1, 0.15) is 12.4 Å². The van der Waals surface area contributed by atoms with E-state index in [-0.39, 0.29) is 25.3 Å². The van der Waals surface area contributed by atoms with Gasteiger partial charge in [-0.15, -0.1) is 0 Å². The molecule has 1 atom stereocenters. The van der Waals surface area contributed by atoms with Gasteiger partial charge < -0.3 is 14.9 Å². The highest BCUT2D eigenvalue weighted by molar-refractivity contribution is 5.75. The molecule has 1 amide bonds. The maximum Gasteiger partial charge on any atom is 0.410 e. The highest BCUT2D eigenvalue weighted by Gasteiger charge is 2.45. The van der Waals surface area contributed by atoms with Crippen molar-refractivity contribution in [1.29, 1.82) is 0 Å². The average molecular weight is 265 g/mol. The molecule has 19 heavy (non-hydrogen) atoms. The molecule has 0 spiro atoms. The Bertz CT molecular complexity index is 516. The number of phenols is 1. The quantitative estimate of drug-likeness (QED) is 0.863. The Kier molecular flexibility index (Phi) is 3.33. The van der Waals surface area contributed by atoms with Crippen LogP contribution in [0, 0.1) is 0 Å². The van der Waals surface area contributed by atoms with Crippen LogP contribution in [0.4, 0.5) is 4.79 Å². The Labute approximate surface area is 110 Å². The average Bonchev–Trinajstić information content (AvgIpc) is 2.59. The van der Waals surface area contributed by atoms with Crippen LogP contribution in [0.1, 0.15) is 18.9 Å². The van der Waals surface area contributed by atoms with Gasteiger partial charge in [0.05, 0.1) is 18.5 Å². The molecule has 6 nitrogen and oxygen atoms in total. The number of ether oxygens (including phenoxy) is 1. The van der Waals surface area contributed by atoms with Crippen molar-refractivity contribution < 1.29 is 24.5 Å². The molecule has 0 aliphatic carbocycles. The SMILES string of the molecule is CC1(CC(=O)O)COC(=O)N1Cc1ccccc1O. The minimum atomic E-state index is -0.997. The van der Waals surface area contributed by atoms with Gasteiger partial charge in [0.2, 0.25) is 0 Å². The number of phenolic OH excluding ortho intramolecular Hbond substituents is 1. The minimum Gasteiger partial charge on any atom is -0.508 e. The maximum absolute atomic E-state index is 11.7. The van der Waals surface area contributed by atoms with Crippen LogP contribution in [0.25, 0.3) is 0 Å². The van der Waals surface area contributed by atoms with E-state index in [1.807, 2.05) is 0 Å². The third-order valence-corrected chi connectivity index (χ3v) is 3.23. The maximum atomic E-state index is 11.7. The highest BCUT2D eigenvalue weighted by atomic mass is 16.6. The second-order valence-electron chi connectivity index (χ2n) is 4.84. The molecule has 6 heteroatoms. The lowest BCUT2D eigenvalue weighted by Crippen LogP contribution is -2.45. The molecule has 1 aliphatic heterocycles. The van der Waals surface area contributed by atoms with E-state index >= 15 is 0 Å². The van der Waals surface area contributed by atoms with Gasteiger partial charge in [-0.3, -0.25) is 9.69 Å². The summed E-state index contributed by atoms with van der Waals surface area (Å²) in [6.45, 7) is 1.81. The number of amides is 1. The Morgan fingerprint density at radius 1 is 1.47 bits per heavy atom. The third-order valence-electron chi connectivity index (χ3n) is 3.23. The summed E-state index contributed by atoms with van der Waals surface area (Å²) in [7, 11) is 0. The lowest BCUT2D eigenvalue weighted by atomic mass is 9.97. The van der Waals surface area contributed by atoms with Crippen LogP contribution >= 0.6 is 0 Å². The molecule has 0 saturated carbocycles. The molecule has 0 bridgehead atoms. The molecule has 1 fully saturated rings. The number of hydrogen-bond donors (Lipinski definition) is 2. The van der Waals surface area contributed by atoms with Gasteiger partial charge in [0.25, 0.3) is 0 Å². The summed E-state index contributed by atoms with van der Waals surface area (Å²) in [5.41, 5.74) is -0.344. The number of carbonyl (C=O) groups excluding carboxylic acids is 1. The normalized spacial score (nSPS) is 22.4. The molecule has 0 radical (unpaired) electrons. The molecule has 102 valence electrons. The molecule has 2 N–H and O–H groups in total. The fraction of sp³-hybridized carbons (Fsp3) is 0.385. The second-order valence-corrected chi connectivity index (χ2v) is 4.84. The minimum absolute atomic E-state index is 0.0335. The zero-order valence-electron chi connectivity index (χ0n) is 10.5. The fourth-order valence-corrected chi connectivity index (χ4v) is 2.14. The molecular weight excluding hydrogens is 250 g/mol. The molecule has 1 aliphatic rings. The number of para-hydroxylation sites is 1. The summed E-state index contributed by atoms with van der Waals surface area (Å²) in [4.78, 5) is 23.9. The van der Waals surface area contributed by atoms with E-state index < -0.39 is 17.6 Å². The van der Waals surface area contributed by atoms with Crippen molar-refractivity contribution in [2.75, 3.05) is 6.61 Å². The summed E-state index contributed by atoms with van der Waals surface area (Å²) in [6.07, 6.45) is -0.765. The van der Waals surface area contributed by atoms with Gasteiger partial charge in [0, 0.05) is 5.56 Å². The summed E-state index contributed by atoms with van der Waals surface area (Å²) < 4.78 is 4.94. The first-order chi connectivity index (χ1) is 8.92. The number of benzene rings is 1. The fourth-order valence-electron chi connectivity index (χ4n) is 2.14. The smallest absolute Gasteiger partial charge is 0.410 e. The van der Waals surface area contributed by atoms with E-state index in [0.29, 0.717) is 5.56 Å². The molecule has 2 rings (SSSR count). The molecule has 1 unspecified atom stereocenters. The highest BCUT2D eigenvalue weighted by Crippen LogP contribution is 2.31. The van der Waals surface area contributed by atoms with Gasteiger partial charge in [-0.05, 0) is 13.0 Å². The Morgan fingerprint density at radius 2 is 2.16 bits per heavy atom. The molecular formula is C13H15NO5. The topological polar surface area (TPSA) is 87.1 Å². The van der Waals surface area contributed by atoms with Crippen molar-refractivity contribution in [2.24, 2.45) is 0 Å². The molecule has 1 aromatic carbocycles. The number of carbonyl (C=O) groups is 2. The van der Waals surface area contributed by atoms with Crippen LogP contribution < -0.4 is 0 Å². The van der Waals surface area contributed by atoms with Crippen LogP contribution in [-0.2, 0) is 16.1 Å². The molecule has 0 aromatic heterocycles. The predicted octanol–water partition coefficient (Wildman–Crippen LogP) is 1.58.